The van der Waals surface area contributed by atoms with E-state index in [0.717, 1.165) is 19.4 Å². The summed E-state index contributed by atoms with van der Waals surface area (Å²) in [4.78, 5) is 60.7. The minimum atomic E-state index is -1.39. The number of carboxylic acids is 1. The fraction of sp³-hybridized carbons (Fsp3) is 0.621. The van der Waals surface area contributed by atoms with Crippen molar-refractivity contribution in [2.75, 3.05) is 6.61 Å². The van der Waals surface area contributed by atoms with E-state index in [2.05, 4.69) is 0 Å². The normalized spacial score (nSPS) is 22.7. The molecule has 1 aromatic rings. The van der Waals surface area contributed by atoms with Crippen LogP contribution in [0.5, 0.6) is 5.75 Å². The van der Waals surface area contributed by atoms with E-state index < -0.39 is 78.0 Å². The van der Waals surface area contributed by atoms with Crippen LogP contribution >= 0.6 is 0 Å². The van der Waals surface area contributed by atoms with Crippen molar-refractivity contribution >= 4 is 29.8 Å². The van der Waals surface area contributed by atoms with Gasteiger partial charge in [-0.25, -0.2) is 0 Å². The monoisotopic (exact) mass is 580 g/mol. The average Bonchev–Trinajstić information content (AvgIpc) is 2.83. The first-order valence-corrected chi connectivity index (χ1v) is 13.2. The van der Waals surface area contributed by atoms with Crippen LogP contribution in [0.2, 0.25) is 0 Å². The molecule has 1 N–H and O–H groups in total. The molecule has 1 saturated heterocycles. The van der Waals surface area contributed by atoms with Crippen molar-refractivity contribution in [3.05, 3.63) is 29.8 Å². The molecule has 0 amide bonds. The van der Waals surface area contributed by atoms with Crippen LogP contribution in [0.15, 0.2) is 24.3 Å². The Balaban J connectivity index is 2.49. The topological polar surface area (TPSA) is 161 Å². The van der Waals surface area contributed by atoms with Crippen molar-refractivity contribution in [3.63, 3.8) is 0 Å². The van der Waals surface area contributed by atoms with Gasteiger partial charge in [0.05, 0.1) is 10.8 Å². The Labute approximate surface area is 239 Å². The second-order valence-corrected chi connectivity index (χ2v) is 11.8. The molecule has 1 fully saturated rings. The zero-order valence-corrected chi connectivity index (χ0v) is 24.8. The number of esters is 4. The van der Waals surface area contributed by atoms with Gasteiger partial charge in [0.25, 0.3) is 0 Å². The first kappa shape index (κ1) is 33.5. The van der Waals surface area contributed by atoms with E-state index in [4.69, 9.17) is 33.5 Å². The molecule has 1 heterocycles. The summed E-state index contributed by atoms with van der Waals surface area (Å²) in [5.74, 6) is -3.37. The summed E-state index contributed by atoms with van der Waals surface area (Å²) < 4.78 is 34.3. The van der Waals surface area contributed by atoms with Crippen LogP contribution in [0, 0.1) is 10.8 Å². The van der Waals surface area contributed by atoms with Crippen molar-refractivity contribution < 1.29 is 57.5 Å². The summed E-state index contributed by atoms with van der Waals surface area (Å²) in [5.41, 5.74) is -1.07. The van der Waals surface area contributed by atoms with Crippen LogP contribution in [0.4, 0.5) is 0 Å². The molecule has 228 valence electrons. The van der Waals surface area contributed by atoms with Gasteiger partial charge in [0, 0.05) is 20.3 Å². The van der Waals surface area contributed by atoms with Gasteiger partial charge in [-0.1, -0.05) is 12.1 Å². The van der Waals surface area contributed by atoms with Gasteiger partial charge in [0.2, 0.25) is 12.4 Å². The zero-order chi connectivity index (χ0) is 31.1. The molecule has 0 unspecified atom stereocenters. The Bertz CT molecular complexity index is 1100. The molecule has 0 radical (unpaired) electrons. The molecule has 1 aliphatic heterocycles. The van der Waals surface area contributed by atoms with Crippen LogP contribution in [-0.4, -0.2) is 72.3 Å². The molecular formula is C29H40O12. The molecule has 12 heteroatoms. The molecule has 1 aromatic carbocycles. The number of benzene rings is 1. The number of hydrogen-bond acceptors (Lipinski definition) is 11. The maximum atomic E-state index is 13.0. The quantitative estimate of drug-likeness (QED) is 0.318. The van der Waals surface area contributed by atoms with Crippen molar-refractivity contribution in [2.24, 2.45) is 10.8 Å². The van der Waals surface area contributed by atoms with E-state index in [9.17, 15) is 24.0 Å². The van der Waals surface area contributed by atoms with Crippen LogP contribution in [0.3, 0.4) is 0 Å². The molecule has 5 atom stereocenters. The maximum Gasteiger partial charge on any atom is 0.311 e. The number of aryl methyl sites for hydroxylation is 1. The fourth-order valence-corrected chi connectivity index (χ4v) is 3.69. The minimum Gasteiger partial charge on any atom is -0.481 e. The lowest BCUT2D eigenvalue weighted by Crippen LogP contribution is -2.64. The highest BCUT2D eigenvalue weighted by atomic mass is 16.7. The lowest BCUT2D eigenvalue weighted by atomic mass is 9.94. The second-order valence-electron chi connectivity index (χ2n) is 11.8. The Morgan fingerprint density at radius 2 is 1.32 bits per heavy atom. The third-order valence-corrected chi connectivity index (χ3v) is 5.84. The number of hydrogen-bond donors (Lipinski definition) is 1. The number of carbonyl (C=O) groups excluding carboxylic acids is 4. The Morgan fingerprint density at radius 3 is 1.80 bits per heavy atom. The Morgan fingerprint density at radius 1 is 0.780 bits per heavy atom. The van der Waals surface area contributed by atoms with Crippen molar-refractivity contribution in [1.82, 2.24) is 0 Å². The molecule has 0 aromatic heterocycles. The van der Waals surface area contributed by atoms with Crippen molar-refractivity contribution in [3.8, 4) is 5.75 Å². The summed E-state index contributed by atoms with van der Waals surface area (Å²) in [7, 11) is 0. The molecule has 12 nitrogen and oxygen atoms in total. The van der Waals surface area contributed by atoms with E-state index in [1.807, 2.05) is 0 Å². The summed E-state index contributed by atoms with van der Waals surface area (Å²) in [6, 6.07) is 6.50. The smallest absolute Gasteiger partial charge is 0.311 e. The Hall–Kier alpha value is -3.67. The lowest BCUT2D eigenvalue weighted by Gasteiger charge is -2.44. The number of ether oxygens (including phenoxy) is 6. The SMILES string of the molecule is CC(=O)O[C@@H]1[C@H](Oc2ccc(CCC(=O)O)cc2)O[C@H](COC(=O)C(C)(C)C)[C@@H](OC(C)=O)[C@@H]1OC(=O)C(C)(C)C. The first-order valence-electron chi connectivity index (χ1n) is 13.2. The van der Waals surface area contributed by atoms with Gasteiger partial charge >= 0.3 is 29.8 Å². The molecule has 0 bridgehead atoms. The standard InChI is InChI=1S/C29H40O12/c1-16(30)37-22-20(15-36-26(34)28(3,4)5)40-25(39-19-12-9-18(10-13-19)11-14-21(32)33)24(38-17(2)31)23(22)41-27(35)29(6,7)8/h9-10,12-13,20,22-25H,11,14-15H2,1-8H3,(H,32,33)/t20-,22-,23+,24+,25-/m1/s1. The predicted octanol–water partition coefficient (Wildman–Crippen LogP) is 3.22. The lowest BCUT2D eigenvalue weighted by molar-refractivity contribution is -0.290. The number of rotatable bonds is 10. The zero-order valence-electron chi connectivity index (χ0n) is 24.8. The highest BCUT2D eigenvalue weighted by Crippen LogP contribution is 2.33. The molecule has 2 rings (SSSR count). The van der Waals surface area contributed by atoms with Crippen molar-refractivity contribution in [2.45, 2.75) is 98.9 Å². The third-order valence-electron chi connectivity index (χ3n) is 5.84. The van der Waals surface area contributed by atoms with Crippen LogP contribution in [-0.2, 0) is 54.1 Å². The van der Waals surface area contributed by atoms with Gasteiger partial charge in [-0.2, -0.15) is 0 Å². The van der Waals surface area contributed by atoms with Gasteiger partial charge < -0.3 is 33.5 Å². The van der Waals surface area contributed by atoms with Gasteiger partial charge in [0.1, 0.15) is 18.5 Å². The van der Waals surface area contributed by atoms with E-state index >= 15 is 0 Å². The summed E-state index contributed by atoms with van der Waals surface area (Å²) >= 11 is 0. The van der Waals surface area contributed by atoms with Crippen LogP contribution in [0.1, 0.15) is 67.4 Å². The van der Waals surface area contributed by atoms with Crippen LogP contribution in [0.25, 0.3) is 0 Å². The van der Waals surface area contributed by atoms with Gasteiger partial charge in [-0.3, -0.25) is 24.0 Å². The fourth-order valence-electron chi connectivity index (χ4n) is 3.69. The molecular weight excluding hydrogens is 540 g/mol. The number of carbonyl (C=O) groups is 5. The number of aliphatic carboxylic acids is 1. The molecule has 0 aliphatic carbocycles. The summed E-state index contributed by atoms with van der Waals surface area (Å²) in [6.07, 6.45) is -6.39. The van der Waals surface area contributed by atoms with E-state index in [1.54, 1.807) is 65.8 Å². The van der Waals surface area contributed by atoms with Crippen LogP contribution < -0.4 is 4.74 Å². The number of carboxylic acid groups (broad SMARTS) is 1. The van der Waals surface area contributed by atoms with Gasteiger partial charge in [-0.05, 0) is 65.7 Å². The van der Waals surface area contributed by atoms with E-state index in [1.165, 1.54) is 0 Å². The molecule has 0 spiro atoms. The highest BCUT2D eigenvalue weighted by molar-refractivity contribution is 5.76. The second kappa shape index (κ2) is 13.8. The predicted molar refractivity (Wildman–Crippen MR) is 143 cm³/mol. The largest absolute Gasteiger partial charge is 0.481 e. The Kier molecular flexibility index (Phi) is 11.3. The van der Waals surface area contributed by atoms with Gasteiger partial charge in [-0.15, -0.1) is 0 Å². The van der Waals surface area contributed by atoms with E-state index in [-0.39, 0.29) is 12.2 Å². The molecule has 41 heavy (non-hydrogen) atoms. The first-order chi connectivity index (χ1) is 18.9. The van der Waals surface area contributed by atoms with Gasteiger partial charge in [0.15, 0.2) is 12.2 Å². The summed E-state index contributed by atoms with van der Waals surface area (Å²) in [6.45, 7) is 11.8. The summed E-state index contributed by atoms with van der Waals surface area (Å²) in [5, 5.41) is 8.93. The van der Waals surface area contributed by atoms with Crippen molar-refractivity contribution in [1.29, 1.82) is 0 Å². The highest BCUT2D eigenvalue weighted by Gasteiger charge is 2.54. The minimum absolute atomic E-state index is 0.0478. The van der Waals surface area contributed by atoms with E-state index in [0.29, 0.717) is 6.42 Å². The maximum absolute atomic E-state index is 13.0. The third kappa shape index (κ3) is 10.3. The molecule has 1 aliphatic rings. The average molecular weight is 581 g/mol. The molecule has 0 saturated carbocycles.